The van der Waals surface area contributed by atoms with Crippen molar-refractivity contribution in [1.29, 1.82) is 0 Å². The SMILES string of the molecule is CO[C@@H](C)c1cccc(-c2nccc(N(C)C)n2)c1. The number of anilines is 1. The maximum absolute atomic E-state index is 5.34. The second-order valence-corrected chi connectivity index (χ2v) is 4.64. The minimum Gasteiger partial charge on any atom is -0.377 e. The van der Waals surface area contributed by atoms with Crippen molar-refractivity contribution in [1.82, 2.24) is 9.97 Å². The van der Waals surface area contributed by atoms with E-state index in [1.165, 1.54) is 0 Å². The number of methoxy groups -OCH3 is 1. The standard InChI is InChI=1S/C15H19N3O/c1-11(19-4)12-6-5-7-13(10-12)15-16-9-8-14(17-15)18(2)3/h5-11H,1-4H3/t11-/m0/s1. The Morgan fingerprint density at radius 3 is 2.68 bits per heavy atom. The van der Waals surface area contributed by atoms with Gasteiger partial charge in [-0.25, -0.2) is 9.97 Å². The minimum atomic E-state index is 0.0666. The average molecular weight is 257 g/mol. The van der Waals surface area contributed by atoms with Gasteiger partial charge in [0.2, 0.25) is 0 Å². The van der Waals surface area contributed by atoms with E-state index in [0.717, 1.165) is 22.8 Å². The van der Waals surface area contributed by atoms with E-state index >= 15 is 0 Å². The van der Waals surface area contributed by atoms with Crippen LogP contribution in [0, 0.1) is 0 Å². The summed E-state index contributed by atoms with van der Waals surface area (Å²) < 4.78 is 5.34. The molecule has 19 heavy (non-hydrogen) atoms. The highest BCUT2D eigenvalue weighted by Crippen LogP contribution is 2.23. The highest BCUT2D eigenvalue weighted by molar-refractivity contribution is 5.58. The van der Waals surface area contributed by atoms with Gasteiger partial charge < -0.3 is 9.64 Å². The number of rotatable bonds is 4. The van der Waals surface area contributed by atoms with E-state index in [2.05, 4.69) is 16.0 Å². The van der Waals surface area contributed by atoms with E-state index in [-0.39, 0.29) is 6.10 Å². The molecule has 2 aromatic rings. The molecule has 1 aromatic carbocycles. The lowest BCUT2D eigenvalue weighted by atomic mass is 10.1. The average Bonchev–Trinajstić information content (AvgIpc) is 2.46. The molecule has 1 atom stereocenters. The number of hydrogen-bond donors (Lipinski definition) is 0. The van der Waals surface area contributed by atoms with Crippen molar-refractivity contribution in [2.24, 2.45) is 0 Å². The van der Waals surface area contributed by atoms with Crippen LogP contribution < -0.4 is 4.90 Å². The summed E-state index contributed by atoms with van der Waals surface area (Å²) in [5.41, 5.74) is 2.13. The van der Waals surface area contributed by atoms with Gasteiger partial charge in [-0.15, -0.1) is 0 Å². The van der Waals surface area contributed by atoms with E-state index in [1.54, 1.807) is 13.3 Å². The molecule has 0 aliphatic heterocycles. The first-order valence-electron chi connectivity index (χ1n) is 6.25. The molecule has 0 amide bonds. The summed E-state index contributed by atoms with van der Waals surface area (Å²) in [5, 5.41) is 0. The Kier molecular flexibility index (Phi) is 4.12. The molecule has 4 heteroatoms. The van der Waals surface area contributed by atoms with Crippen molar-refractivity contribution in [3.63, 3.8) is 0 Å². The molecule has 1 heterocycles. The van der Waals surface area contributed by atoms with Crippen LogP contribution in [0.2, 0.25) is 0 Å². The fourth-order valence-corrected chi connectivity index (χ4v) is 1.80. The van der Waals surface area contributed by atoms with Crippen LogP contribution in [0.15, 0.2) is 36.5 Å². The summed E-state index contributed by atoms with van der Waals surface area (Å²) in [7, 11) is 5.64. The van der Waals surface area contributed by atoms with Gasteiger partial charge in [0, 0.05) is 33.0 Å². The molecule has 0 unspecified atom stereocenters. The minimum absolute atomic E-state index is 0.0666. The summed E-state index contributed by atoms with van der Waals surface area (Å²) in [6, 6.07) is 10.0. The molecule has 0 fully saturated rings. The lowest BCUT2D eigenvalue weighted by Gasteiger charge is -2.13. The maximum atomic E-state index is 5.34. The van der Waals surface area contributed by atoms with Crippen LogP contribution in [-0.2, 0) is 4.74 Å². The van der Waals surface area contributed by atoms with Gasteiger partial charge >= 0.3 is 0 Å². The van der Waals surface area contributed by atoms with Crippen LogP contribution in [0.4, 0.5) is 5.82 Å². The Balaban J connectivity index is 2.39. The van der Waals surface area contributed by atoms with E-state index in [1.807, 2.05) is 50.2 Å². The molecule has 0 saturated heterocycles. The van der Waals surface area contributed by atoms with E-state index in [4.69, 9.17) is 4.74 Å². The number of aromatic nitrogens is 2. The first-order chi connectivity index (χ1) is 9.11. The number of ether oxygens (including phenoxy) is 1. The van der Waals surface area contributed by atoms with Crippen molar-refractivity contribution >= 4 is 5.82 Å². The third kappa shape index (κ3) is 3.09. The Hall–Kier alpha value is -1.94. The van der Waals surface area contributed by atoms with Gasteiger partial charge in [-0.05, 0) is 24.6 Å². The predicted octanol–water partition coefficient (Wildman–Crippen LogP) is 2.92. The van der Waals surface area contributed by atoms with Crippen molar-refractivity contribution in [2.45, 2.75) is 13.0 Å². The van der Waals surface area contributed by atoms with Crippen LogP contribution in [0.5, 0.6) is 0 Å². The lowest BCUT2D eigenvalue weighted by Crippen LogP contribution is -2.11. The van der Waals surface area contributed by atoms with Crippen molar-refractivity contribution in [3.8, 4) is 11.4 Å². The summed E-state index contributed by atoms with van der Waals surface area (Å²) >= 11 is 0. The zero-order valence-electron chi connectivity index (χ0n) is 11.8. The fraction of sp³-hybridized carbons (Fsp3) is 0.333. The number of nitrogens with zero attached hydrogens (tertiary/aromatic N) is 3. The summed E-state index contributed by atoms with van der Waals surface area (Å²) in [5.74, 6) is 1.63. The monoisotopic (exact) mass is 257 g/mol. The third-order valence-corrected chi connectivity index (χ3v) is 3.07. The summed E-state index contributed by atoms with van der Waals surface area (Å²) in [6.07, 6.45) is 1.85. The lowest BCUT2D eigenvalue weighted by molar-refractivity contribution is 0.119. The zero-order valence-corrected chi connectivity index (χ0v) is 11.8. The molecule has 0 aliphatic rings. The van der Waals surface area contributed by atoms with Gasteiger partial charge in [0.15, 0.2) is 5.82 Å². The van der Waals surface area contributed by atoms with Crippen molar-refractivity contribution in [2.75, 3.05) is 26.1 Å². The number of benzene rings is 1. The maximum Gasteiger partial charge on any atom is 0.161 e. The molecule has 0 bridgehead atoms. The summed E-state index contributed by atoms with van der Waals surface area (Å²) in [6.45, 7) is 2.02. The molecule has 1 aromatic heterocycles. The molecule has 0 saturated carbocycles. The molecule has 4 nitrogen and oxygen atoms in total. The summed E-state index contributed by atoms with van der Waals surface area (Å²) in [4.78, 5) is 10.8. The fourth-order valence-electron chi connectivity index (χ4n) is 1.80. The highest BCUT2D eigenvalue weighted by Gasteiger charge is 2.08. The topological polar surface area (TPSA) is 38.2 Å². The second kappa shape index (κ2) is 5.80. The first-order valence-corrected chi connectivity index (χ1v) is 6.25. The van der Waals surface area contributed by atoms with Gasteiger partial charge in [-0.3, -0.25) is 0 Å². The molecular formula is C15H19N3O. The molecular weight excluding hydrogens is 238 g/mol. The smallest absolute Gasteiger partial charge is 0.161 e. The van der Waals surface area contributed by atoms with E-state index in [0.29, 0.717) is 0 Å². The van der Waals surface area contributed by atoms with Crippen LogP contribution in [0.3, 0.4) is 0 Å². The quantitative estimate of drug-likeness (QED) is 0.844. The molecule has 0 spiro atoms. The Labute approximate surface area is 114 Å². The third-order valence-electron chi connectivity index (χ3n) is 3.07. The van der Waals surface area contributed by atoms with Gasteiger partial charge in [0.1, 0.15) is 5.82 Å². The number of hydrogen-bond acceptors (Lipinski definition) is 4. The van der Waals surface area contributed by atoms with Crippen molar-refractivity contribution in [3.05, 3.63) is 42.1 Å². The van der Waals surface area contributed by atoms with Crippen LogP contribution >= 0.6 is 0 Å². The van der Waals surface area contributed by atoms with Gasteiger partial charge in [0.05, 0.1) is 6.10 Å². The normalized spacial score (nSPS) is 12.2. The molecule has 0 aliphatic carbocycles. The largest absolute Gasteiger partial charge is 0.377 e. The predicted molar refractivity (Wildman–Crippen MR) is 77.2 cm³/mol. The van der Waals surface area contributed by atoms with E-state index in [9.17, 15) is 0 Å². The second-order valence-electron chi connectivity index (χ2n) is 4.64. The first kappa shape index (κ1) is 13.5. The Morgan fingerprint density at radius 2 is 2.00 bits per heavy atom. The molecule has 0 radical (unpaired) electrons. The van der Waals surface area contributed by atoms with Crippen molar-refractivity contribution < 1.29 is 4.74 Å². The Bertz CT molecular complexity index is 555. The van der Waals surface area contributed by atoms with Gasteiger partial charge in [-0.1, -0.05) is 18.2 Å². The zero-order chi connectivity index (χ0) is 13.8. The highest BCUT2D eigenvalue weighted by atomic mass is 16.5. The van der Waals surface area contributed by atoms with Gasteiger partial charge in [0.25, 0.3) is 0 Å². The molecule has 2 rings (SSSR count). The molecule has 100 valence electrons. The Morgan fingerprint density at radius 1 is 1.21 bits per heavy atom. The van der Waals surface area contributed by atoms with Gasteiger partial charge in [-0.2, -0.15) is 0 Å². The van der Waals surface area contributed by atoms with Crippen LogP contribution in [0.25, 0.3) is 11.4 Å². The van der Waals surface area contributed by atoms with Crippen LogP contribution in [-0.4, -0.2) is 31.2 Å². The van der Waals surface area contributed by atoms with E-state index < -0.39 is 0 Å². The van der Waals surface area contributed by atoms with Crippen LogP contribution in [0.1, 0.15) is 18.6 Å². The molecule has 0 N–H and O–H groups in total.